The number of amides is 1. The number of carbonyl (C=O) groups excluding carboxylic acids is 1. The lowest BCUT2D eigenvalue weighted by Crippen LogP contribution is -2.50. The van der Waals surface area contributed by atoms with Gasteiger partial charge in [0.1, 0.15) is 5.75 Å². The van der Waals surface area contributed by atoms with Crippen LogP contribution in [0.2, 0.25) is 0 Å². The third-order valence-corrected chi connectivity index (χ3v) is 5.81. The number of likely N-dealkylation sites (tertiary alicyclic amines) is 1. The molecule has 2 aromatic rings. The van der Waals surface area contributed by atoms with E-state index in [1.807, 2.05) is 43.0 Å². The zero-order chi connectivity index (χ0) is 19.4. The molecule has 1 fully saturated rings. The van der Waals surface area contributed by atoms with Crippen LogP contribution in [-0.4, -0.2) is 44.9 Å². The normalized spacial score (nSPS) is 21.1. The van der Waals surface area contributed by atoms with Gasteiger partial charge in [-0.05, 0) is 71.2 Å². The summed E-state index contributed by atoms with van der Waals surface area (Å²) >= 11 is 1.32. The smallest absolute Gasteiger partial charge is 0.277 e. The monoisotopic (exact) mass is 389 g/mol. The van der Waals surface area contributed by atoms with Gasteiger partial charge in [-0.25, -0.2) is 0 Å². The number of nitrogens with zero attached hydrogens (tertiary/aromatic N) is 3. The Balaban J connectivity index is 1.65. The van der Waals surface area contributed by atoms with Crippen LogP contribution >= 0.6 is 11.8 Å². The van der Waals surface area contributed by atoms with E-state index in [1.165, 1.54) is 18.2 Å². The number of rotatable bonds is 6. The number of piperidine rings is 1. The van der Waals surface area contributed by atoms with Crippen LogP contribution in [0.5, 0.6) is 5.75 Å². The average Bonchev–Trinajstić information content (AvgIpc) is 3.11. The minimum atomic E-state index is -0.262. The fourth-order valence-corrected chi connectivity index (χ4v) is 4.24. The van der Waals surface area contributed by atoms with Gasteiger partial charge >= 0.3 is 0 Å². The highest BCUT2D eigenvalue weighted by molar-refractivity contribution is 8.00. The SMILES string of the molecule is CCOc1ccc(-c2nnc(S[C@@H](C)C(=O)N3[C@H](C)CCC[C@@H]3C)o2)cc1. The molecule has 1 aliphatic rings. The topological polar surface area (TPSA) is 68.5 Å². The highest BCUT2D eigenvalue weighted by Gasteiger charge is 2.32. The molecule has 3 atom stereocenters. The molecule has 0 bridgehead atoms. The molecule has 0 aliphatic carbocycles. The maximum Gasteiger partial charge on any atom is 0.277 e. The van der Waals surface area contributed by atoms with E-state index in [9.17, 15) is 4.79 Å². The van der Waals surface area contributed by atoms with Crippen molar-refractivity contribution in [2.75, 3.05) is 6.61 Å². The summed E-state index contributed by atoms with van der Waals surface area (Å²) in [4.78, 5) is 14.9. The molecule has 7 heteroatoms. The van der Waals surface area contributed by atoms with Crippen LogP contribution in [0.25, 0.3) is 11.5 Å². The Morgan fingerprint density at radius 3 is 2.56 bits per heavy atom. The Morgan fingerprint density at radius 1 is 1.26 bits per heavy atom. The van der Waals surface area contributed by atoms with E-state index in [-0.39, 0.29) is 23.2 Å². The molecule has 0 saturated carbocycles. The molecule has 3 rings (SSSR count). The second-order valence-electron chi connectivity index (χ2n) is 6.97. The molecule has 6 nitrogen and oxygen atoms in total. The largest absolute Gasteiger partial charge is 0.494 e. The van der Waals surface area contributed by atoms with Crippen LogP contribution in [0.4, 0.5) is 0 Å². The van der Waals surface area contributed by atoms with Gasteiger partial charge in [0.2, 0.25) is 11.8 Å². The first-order valence-corrected chi connectivity index (χ1v) is 10.4. The number of thioether (sulfide) groups is 1. The van der Waals surface area contributed by atoms with E-state index < -0.39 is 0 Å². The number of hydrogen-bond donors (Lipinski definition) is 0. The van der Waals surface area contributed by atoms with Gasteiger partial charge in [0.05, 0.1) is 11.9 Å². The zero-order valence-corrected chi connectivity index (χ0v) is 17.2. The van der Waals surface area contributed by atoms with Gasteiger partial charge in [-0.1, -0.05) is 11.8 Å². The van der Waals surface area contributed by atoms with E-state index in [0.717, 1.165) is 24.2 Å². The number of carbonyl (C=O) groups is 1. The fourth-order valence-electron chi connectivity index (χ4n) is 3.50. The first-order valence-electron chi connectivity index (χ1n) is 9.55. The van der Waals surface area contributed by atoms with Gasteiger partial charge in [-0.3, -0.25) is 4.79 Å². The first-order chi connectivity index (χ1) is 13.0. The molecule has 1 aromatic carbocycles. The van der Waals surface area contributed by atoms with Crippen LogP contribution < -0.4 is 4.74 Å². The lowest BCUT2D eigenvalue weighted by Gasteiger charge is -2.40. The molecule has 1 aromatic heterocycles. The molecule has 27 heavy (non-hydrogen) atoms. The summed E-state index contributed by atoms with van der Waals surface area (Å²) in [6, 6.07) is 8.09. The molecule has 0 unspecified atom stereocenters. The lowest BCUT2D eigenvalue weighted by atomic mass is 9.97. The minimum Gasteiger partial charge on any atom is -0.494 e. The summed E-state index contributed by atoms with van der Waals surface area (Å²) in [7, 11) is 0. The number of aromatic nitrogens is 2. The first kappa shape index (κ1) is 19.7. The molecule has 146 valence electrons. The van der Waals surface area contributed by atoms with Gasteiger partial charge in [0.25, 0.3) is 5.22 Å². The van der Waals surface area contributed by atoms with Crippen LogP contribution in [0.3, 0.4) is 0 Å². The Labute approximate surface area is 164 Å². The van der Waals surface area contributed by atoms with Gasteiger partial charge in [-0.15, -0.1) is 10.2 Å². The Kier molecular flexibility index (Phi) is 6.42. The molecule has 0 N–H and O–H groups in total. The molecule has 0 radical (unpaired) electrons. The molecule has 1 aliphatic heterocycles. The standard InChI is InChI=1S/C20H27N3O3S/c1-5-25-17-11-9-16(10-12-17)18-21-22-20(26-18)27-15(4)19(24)23-13(2)7-6-8-14(23)3/h9-15H,5-8H2,1-4H3/t13-,14+,15-/m0/s1. The lowest BCUT2D eigenvalue weighted by molar-refractivity contribution is -0.136. The average molecular weight is 390 g/mol. The van der Waals surface area contributed by atoms with Crippen molar-refractivity contribution in [1.82, 2.24) is 15.1 Å². The van der Waals surface area contributed by atoms with E-state index >= 15 is 0 Å². The summed E-state index contributed by atoms with van der Waals surface area (Å²) in [5, 5.41) is 8.37. The minimum absolute atomic E-state index is 0.139. The summed E-state index contributed by atoms with van der Waals surface area (Å²) in [5.41, 5.74) is 0.829. The van der Waals surface area contributed by atoms with E-state index in [4.69, 9.17) is 9.15 Å². The highest BCUT2D eigenvalue weighted by atomic mass is 32.2. The van der Waals surface area contributed by atoms with Crippen molar-refractivity contribution in [2.45, 2.75) is 69.5 Å². The number of benzene rings is 1. The van der Waals surface area contributed by atoms with Gasteiger partial charge in [0.15, 0.2) is 0 Å². The van der Waals surface area contributed by atoms with E-state index in [1.54, 1.807) is 0 Å². The summed E-state index contributed by atoms with van der Waals surface area (Å²) in [6.07, 6.45) is 3.31. The second-order valence-corrected chi connectivity index (χ2v) is 8.26. The van der Waals surface area contributed by atoms with Crippen LogP contribution in [0.1, 0.15) is 47.0 Å². The summed E-state index contributed by atoms with van der Waals surface area (Å²) in [6.45, 7) is 8.73. The molecular weight excluding hydrogens is 362 g/mol. The summed E-state index contributed by atoms with van der Waals surface area (Å²) < 4.78 is 11.2. The van der Waals surface area contributed by atoms with Crippen molar-refractivity contribution in [2.24, 2.45) is 0 Å². The van der Waals surface area contributed by atoms with Crippen molar-refractivity contribution in [3.8, 4) is 17.2 Å². The Morgan fingerprint density at radius 2 is 1.93 bits per heavy atom. The molecule has 0 spiro atoms. The molecule has 1 amide bonds. The molecule has 2 heterocycles. The number of hydrogen-bond acceptors (Lipinski definition) is 6. The highest BCUT2D eigenvalue weighted by Crippen LogP contribution is 2.30. The van der Waals surface area contributed by atoms with Gasteiger partial charge in [0, 0.05) is 17.6 Å². The number of ether oxygens (including phenoxy) is 1. The van der Waals surface area contributed by atoms with Crippen molar-refractivity contribution in [3.05, 3.63) is 24.3 Å². The summed E-state index contributed by atoms with van der Waals surface area (Å²) in [5.74, 6) is 1.39. The predicted octanol–water partition coefficient (Wildman–Crippen LogP) is 4.41. The third-order valence-electron chi connectivity index (χ3n) is 4.89. The molecule has 1 saturated heterocycles. The van der Waals surface area contributed by atoms with Gasteiger partial charge < -0.3 is 14.1 Å². The maximum atomic E-state index is 12.9. The van der Waals surface area contributed by atoms with E-state index in [0.29, 0.717) is 17.7 Å². The maximum absolute atomic E-state index is 12.9. The zero-order valence-electron chi connectivity index (χ0n) is 16.3. The van der Waals surface area contributed by atoms with Crippen LogP contribution in [0.15, 0.2) is 33.9 Å². The van der Waals surface area contributed by atoms with Crippen molar-refractivity contribution in [1.29, 1.82) is 0 Å². The van der Waals surface area contributed by atoms with Crippen molar-refractivity contribution in [3.63, 3.8) is 0 Å². The predicted molar refractivity (Wildman–Crippen MR) is 106 cm³/mol. The second kappa shape index (κ2) is 8.78. The molecular formula is C20H27N3O3S. The van der Waals surface area contributed by atoms with Gasteiger partial charge in [-0.2, -0.15) is 0 Å². The Hall–Kier alpha value is -2.02. The van der Waals surface area contributed by atoms with Crippen LogP contribution in [0, 0.1) is 0 Å². The Bertz CT molecular complexity index is 752. The third kappa shape index (κ3) is 4.64. The van der Waals surface area contributed by atoms with E-state index in [2.05, 4.69) is 24.0 Å². The quantitative estimate of drug-likeness (QED) is 0.682. The fraction of sp³-hybridized carbons (Fsp3) is 0.550. The van der Waals surface area contributed by atoms with Crippen molar-refractivity contribution < 1.29 is 13.9 Å². The van der Waals surface area contributed by atoms with Crippen LogP contribution in [-0.2, 0) is 4.79 Å². The van der Waals surface area contributed by atoms with Crippen molar-refractivity contribution >= 4 is 17.7 Å².